The van der Waals surface area contributed by atoms with Crippen LogP contribution >= 0.6 is 0 Å². The second-order valence-electron chi connectivity index (χ2n) is 3.92. The molecule has 0 fully saturated rings. The van der Waals surface area contributed by atoms with Crippen LogP contribution in [-0.2, 0) is 4.79 Å². The molecular weight excluding hydrogens is 224 g/mol. The molecule has 0 bridgehead atoms. The minimum absolute atomic E-state index is 0.149. The number of aryl methyl sites for hydroxylation is 1. The molecule has 0 atom stereocenters. The Bertz CT molecular complexity index is 562. The molecule has 0 aliphatic heterocycles. The SMILES string of the molecule is Cc1cc(NC(=O)/C=C/c2ccccc2)ccn1. The maximum absolute atomic E-state index is 11.7. The van der Waals surface area contributed by atoms with E-state index >= 15 is 0 Å². The number of hydrogen-bond acceptors (Lipinski definition) is 2. The standard InChI is InChI=1S/C15H14N2O/c1-12-11-14(9-10-16-12)17-15(18)8-7-13-5-3-2-4-6-13/h2-11H,1H3,(H,16,17,18)/b8-7+. The summed E-state index contributed by atoms with van der Waals surface area (Å²) in [5.41, 5.74) is 2.63. The third-order valence-corrected chi connectivity index (χ3v) is 2.39. The molecule has 0 saturated carbocycles. The Labute approximate surface area is 106 Å². The van der Waals surface area contributed by atoms with Crippen molar-refractivity contribution in [2.75, 3.05) is 5.32 Å². The summed E-state index contributed by atoms with van der Waals surface area (Å²) in [4.78, 5) is 15.8. The van der Waals surface area contributed by atoms with Crippen molar-refractivity contribution >= 4 is 17.7 Å². The highest BCUT2D eigenvalue weighted by Gasteiger charge is 1.97. The number of aromatic nitrogens is 1. The van der Waals surface area contributed by atoms with E-state index < -0.39 is 0 Å². The lowest BCUT2D eigenvalue weighted by molar-refractivity contribution is -0.111. The predicted molar refractivity (Wildman–Crippen MR) is 73.1 cm³/mol. The third-order valence-electron chi connectivity index (χ3n) is 2.39. The molecule has 1 N–H and O–H groups in total. The molecule has 1 aromatic carbocycles. The summed E-state index contributed by atoms with van der Waals surface area (Å²) in [7, 11) is 0. The van der Waals surface area contributed by atoms with Crippen molar-refractivity contribution in [1.82, 2.24) is 4.98 Å². The molecule has 0 spiro atoms. The van der Waals surface area contributed by atoms with Gasteiger partial charge >= 0.3 is 0 Å². The van der Waals surface area contributed by atoms with Gasteiger partial charge in [0.2, 0.25) is 5.91 Å². The van der Waals surface area contributed by atoms with Crippen LogP contribution in [0.15, 0.2) is 54.7 Å². The minimum Gasteiger partial charge on any atom is -0.322 e. The first-order valence-electron chi connectivity index (χ1n) is 5.71. The fourth-order valence-corrected chi connectivity index (χ4v) is 1.54. The maximum atomic E-state index is 11.7. The van der Waals surface area contributed by atoms with Gasteiger partial charge in [0.1, 0.15) is 0 Å². The molecule has 90 valence electrons. The van der Waals surface area contributed by atoms with Crippen molar-refractivity contribution in [2.24, 2.45) is 0 Å². The van der Waals surface area contributed by atoms with E-state index in [1.54, 1.807) is 18.3 Å². The topological polar surface area (TPSA) is 42.0 Å². The van der Waals surface area contributed by atoms with E-state index in [1.165, 1.54) is 6.08 Å². The van der Waals surface area contributed by atoms with Crippen LogP contribution in [0.2, 0.25) is 0 Å². The lowest BCUT2D eigenvalue weighted by Crippen LogP contribution is -2.07. The minimum atomic E-state index is -0.149. The molecule has 0 saturated heterocycles. The molecule has 2 aromatic rings. The van der Waals surface area contributed by atoms with Gasteiger partial charge < -0.3 is 5.32 Å². The first-order valence-corrected chi connectivity index (χ1v) is 5.71. The van der Waals surface area contributed by atoms with Gasteiger partial charge in [-0.25, -0.2) is 0 Å². The van der Waals surface area contributed by atoms with Crippen LogP contribution in [0, 0.1) is 6.92 Å². The van der Waals surface area contributed by atoms with Gasteiger partial charge in [0.25, 0.3) is 0 Å². The smallest absolute Gasteiger partial charge is 0.248 e. The van der Waals surface area contributed by atoms with Gasteiger partial charge in [-0.1, -0.05) is 30.3 Å². The molecule has 0 radical (unpaired) electrons. The van der Waals surface area contributed by atoms with Crippen molar-refractivity contribution < 1.29 is 4.79 Å². The van der Waals surface area contributed by atoms with Crippen molar-refractivity contribution in [3.05, 3.63) is 66.0 Å². The number of nitrogens with zero attached hydrogens (tertiary/aromatic N) is 1. The predicted octanol–water partition coefficient (Wildman–Crippen LogP) is 3.04. The fourth-order valence-electron chi connectivity index (χ4n) is 1.54. The Morgan fingerprint density at radius 3 is 2.72 bits per heavy atom. The number of hydrogen-bond donors (Lipinski definition) is 1. The molecule has 2 rings (SSSR count). The Morgan fingerprint density at radius 1 is 1.22 bits per heavy atom. The molecule has 18 heavy (non-hydrogen) atoms. The van der Waals surface area contributed by atoms with Crippen LogP contribution in [-0.4, -0.2) is 10.9 Å². The number of carbonyl (C=O) groups excluding carboxylic acids is 1. The Kier molecular flexibility index (Phi) is 3.86. The highest BCUT2D eigenvalue weighted by Crippen LogP contribution is 2.07. The van der Waals surface area contributed by atoms with E-state index in [-0.39, 0.29) is 5.91 Å². The summed E-state index contributed by atoms with van der Waals surface area (Å²) in [6, 6.07) is 13.3. The molecule has 1 aromatic heterocycles. The number of anilines is 1. The molecular formula is C15H14N2O. The average Bonchev–Trinajstić information content (AvgIpc) is 2.38. The van der Waals surface area contributed by atoms with E-state index in [9.17, 15) is 4.79 Å². The summed E-state index contributed by atoms with van der Waals surface area (Å²) >= 11 is 0. The molecule has 1 amide bonds. The summed E-state index contributed by atoms with van der Waals surface area (Å²) in [6.07, 6.45) is 4.97. The number of benzene rings is 1. The number of rotatable bonds is 3. The van der Waals surface area contributed by atoms with Crippen LogP contribution < -0.4 is 5.32 Å². The second-order valence-corrected chi connectivity index (χ2v) is 3.92. The van der Waals surface area contributed by atoms with Gasteiger partial charge in [0.15, 0.2) is 0 Å². The normalized spacial score (nSPS) is 10.5. The van der Waals surface area contributed by atoms with Crippen LogP contribution in [0.5, 0.6) is 0 Å². The number of carbonyl (C=O) groups is 1. The molecule has 1 heterocycles. The first kappa shape index (κ1) is 12.0. The zero-order valence-corrected chi connectivity index (χ0v) is 10.1. The van der Waals surface area contributed by atoms with Gasteiger partial charge in [-0.05, 0) is 30.7 Å². The summed E-state index contributed by atoms with van der Waals surface area (Å²) in [5.74, 6) is -0.149. The monoisotopic (exact) mass is 238 g/mol. The Balaban J connectivity index is 1.99. The Hall–Kier alpha value is -2.42. The fraction of sp³-hybridized carbons (Fsp3) is 0.0667. The average molecular weight is 238 g/mol. The van der Waals surface area contributed by atoms with Crippen molar-refractivity contribution in [1.29, 1.82) is 0 Å². The van der Waals surface area contributed by atoms with Gasteiger partial charge in [-0.3, -0.25) is 9.78 Å². The lowest BCUT2D eigenvalue weighted by atomic mass is 10.2. The number of pyridine rings is 1. The second kappa shape index (κ2) is 5.77. The van der Waals surface area contributed by atoms with Crippen LogP contribution in [0.1, 0.15) is 11.3 Å². The quantitative estimate of drug-likeness (QED) is 0.835. The van der Waals surface area contributed by atoms with Gasteiger partial charge in [-0.15, -0.1) is 0 Å². The highest BCUT2D eigenvalue weighted by molar-refractivity contribution is 6.01. The largest absolute Gasteiger partial charge is 0.322 e. The van der Waals surface area contributed by atoms with E-state index in [0.29, 0.717) is 0 Å². The number of amides is 1. The molecule has 0 aliphatic carbocycles. The van der Waals surface area contributed by atoms with Crippen molar-refractivity contribution in [3.63, 3.8) is 0 Å². The van der Waals surface area contributed by atoms with Crippen molar-refractivity contribution in [2.45, 2.75) is 6.92 Å². The molecule has 3 nitrogen and oxygen atoms in total. The van der Waals surface area contributed by atoms with Crippen LogP contribution in [0.3, 0.4) is 0 Å². The summed E-state index contributed by atoms with van der Waals surface area (Å²) in [6.45, 7) is 1.88. The maximum Gasteiger partial charge on any atom is 0.248 e. The van der Waals surface area contributed by atoms with E-state index in [1.807, 2.05) is 43.3 Å². The van der Waals surface area contributed by atoms with E-state index in [2.05, 4.69) is 10.3 Å². The zero-order chi connectivity index (χ0) is 12.8. The molecule has 3 heteroatoms. The third kappa shape index (κ3) is 3.56. The number of nitrogens with one attached hydrogen (secondary N) is 1. The van der Waals surface area contributed by atoms with E-state index in [4.69, 9.17) is 0 Å². The van der Waals surface area contributed by atoms with E-state index in [0.717, 1.165) is 16.9 Å². The van der Waals surface area contributed by atoms with Gasteiger partial charge in [0, 0.05) is 23.7 Å². The summed E-state index contributed by atoms with van der Waals surface area (Å²) < 4.78 is 0. The van der Waals surface area contributed by atoms with Crippen LogP contribution in [0.25, 0.3) is 6.08 Å². The van der Waals surface area contributed by atoms with Crippen LogP contribution in [0.4, 0.5) is 5.69 Å². The molecule has 0 unspecified atom stereocenters. The van der Waals surface area contributed by atoms with Crippen molar-refractivity contribution in [3.8, 4) is 0 Å². The first-order chi connectivity index (χ1) is 8.74. The Morgan fingerprint density at radius 2 is 2.00 bits per heavy atom. The lowest BCUT2D eigenvalue weighted by Gasteiger charge is -2.02. The zero-order valence-electron chi connectivity index (χ0n) is 10.1. The summed E-state index contributed by atoms with van der Waals surface area (Å²) in [5, 5.41) is 2.79. The van der Waals surface area contributed by atoms with Gasteiger partial charge in [0.05, 0.1) is 0 Å². The molecule has 0 aliphatic rings. The highest BCUT2D eigenvalue weighted by atomic mass is 16.1. The van der Waals surface area contributed by atoms with Gasteiger partial charge in [-0.2, -0.15) is 0 Å².